The van der Waals surface area contributed by atoms with Gasteiger partial charge in [-0.1, -0.05) is 6.92 Å². The van der Waals surface area contributed by atoms with Crippen molar-refractivity contribution in [3.8, 4) is 0 Å². The van der Waals surface area contributed by atoms with E-state index in [0.29, 0.717) is 24.8 Å². The van der Waals surface area contributed by atoms with Gasteiger partial charge in [-0.25, -0.2) is 0 Å². The number of hydrogen-bond donors (Lipinski definition) is 1. The molecule has 2 fully saturated rings. The summed E-state index contributed by atoms with van der Waals surface area (Å²) in [7, 11) is 1.83. The van der Waals surface area contributed by atoms with E-state index < -0.39 is 0 Å². The van der Waals surface area contributed by atoms with Crippen LogP contribution in [0.25, 0.3) is 0 Å². The van der Waals surface area contributed by atoms with E-state index in [0.717, 1.165) is 32.1 Å². The molecule has 146 valence electrons. The van der Waals surface area contributed by atoms with Gasteiger partial charge in [-0.2, -0.15) is 0 Å². The third kappa shape index (κ3) is 5.12. The lowest BCUT2D eigenvalue weighted by Crippen LogP contribution is -2.54. The number of likely N-dealkylation sites (tertiary alicyclic amines) is 1. The maximum atomic E-state index is 12.3. The molecule has 8 heteroatoms. The Hall–Kier alpha value is -1.29. The summed E-state index contributed by atoms with van der Waals surface area (Å²) >= 11 is 0. The molecule has 0 spiro atoms. The number of nitrogens with zero attached hydrogens (tertiary/aromatic N) is 4. The van der Waals surface area contributed by atoms with Gasteiger partial charge in [0.1, 0.15) is 0 Å². The fourth-order valence-corrected chi connectivity index (χ4v) is 3.61. The summed E-state index contributed by atoms with van der Waals surface area (Å²) in [4.78, 5) is 23.3. The first-order valence-corrected chi connectivity index (χ1v) is 9.22. The predicted octanol–water partition coefficient (Wildman–Crippen LogP) is 1.57. The summed E-state index contributed by atoms with van der Waals surface area (Å²) in [6.07, 6.45) is 2.79. The van der Waals surface area contributed by atoms with Gasteiger partial charge in [-0.15, -0.1) is 24.0 Å². The zero-order chi connectivity index (χ0) is 17.6. The summed E-state index contributed by atoms with van der Waals surface area (Å²) < 4.78 is 5.21. The molecule has 1 N–H and O–H groups in total. The Bertz CT molecular complexity index is 584. The molecule has 26 heavy (non-hydrogen) atoms. The minimum absolute atomic E-state index is 0. The van der Waals surface area contributed by atoms with Gasteiger partial charge < -0.3 is 24.4 Å². The highest BCUT2D eigenvalue weighted by atomic mass is 127. The summed E-state index contributed by atoms with van der Waals surface area (Å²) in [6.45, 7) is 9.65. The Morgan fingerprint density at radius 3 is 2.58 bits per heavy atom. The molecule has 3 rings (SSSR count). The van der Waals surface area contributed by atoms with Gasteiger partial charge in [0.05, 0.1) is 6.26 Å². The van der Waals surface area contributed by atoms with E-state index >= 15 is 0 Å². The quantitative estimate of drug-likeness (QED) is 0.407. The average molecular weight is 475 g/mol. The topological polar surface area (TPSA) is 64.3 Å². The minimum atomic E-state index is -0.0294. The predicted molar refractivity (Wildman–Crippen MR) is 113 cm³/mol. The Morgan fingerprint density at radius 2 is 2.00 bits per heavy atom. The fourth-order valence-electron chi connectivity index (χ4n) is 3.61. The molecule has 0 aromatic carbocycles. The smallest absolute Gasteiger partial charge is 0.289 e. The normalized spacial score (nSPS) is 21.6. The van der Waals surface area contributed by atoms with Crippen LogP contribution in [0.3, 0.4) is 0 Å². The van der Waals surface area contributed by atoms with E-state index in [-0.39, 0.29) is 29.9 Å². The van der Waals surface area contributed by atoms with Crippen molar-refractivity contribution in [2.45, 2.75) is 13.3 Å². The number of aliphatic imine (C=N–C) groups is 1. The van der Waals surface area contributed by atoms with E-state index in [4.69, 9.17) is 4.42 Å². The van der Waals surface area contributed by atoms with Gasteiger partial charge in [0, 0.05) is 46.3 Å². The molecule has 1 unspecified atom stereocenters. The van der Waals surface area contributed by atoms with Crippen LogP contribution in [0.15, 0.2) is 27.8 Å². The third-order valence-corrected chi connectivity index (χ3v) is 5.18. The number of hydrogen-bond acceptors (Lipinski definition) is 4. The Balaban J connectivity index is 0.00000243. The number of piperazine rings is 1. The van der Waals surface area contributed by atoms with Crippen LogP contribution < -0.4 is 5.32 Å². The number of halogens is 1. The minimum Gasteiger partial charge on any atom is -0.459 e. The molecule has 1 atom stereocenters. The molecule has 0 aliphatic carbocycles. The second-order valence-electron chi connectivity index (χ2n) is 6.73. The SMILES string of the molecule is CCN1CCC(CNC(=NC)N2CCN(C(=O)c3ccco3)CC2)C1.I. The van der Waals surface area contributed by atoms with Crippen LogP contribution in [0.2, 0.25) is 0 Å². The lowest BCUT2D eigenvalue weighted by molar-refractivity contribution is 0.0657. The highest BCUT2D eigenvalue weighted by Gasteiger charge is 2.26. The van der Waals surface area contributed by atoms with Gasteiger partial charge in [0.15, 0.2) is 11.7 Å². The first-order chi connectivity index (χ1) is 12.2. The molecule has 2 saturated heterocycles. The van der Waals surface area contributed by atoms with Crippen LogP contribution in [-0.2, 0) is 0 Å². The maximum absolute atomic E-state index is 12.3. The second-order valence-corrected chi connectivity index (χ2v) is 6.73. The van der Waals surface area contributed by atoms with E-state index in [1.807, 2.05) is 11.9 Å². The summed E-state index contributed by atoms with van der Waals surface area (Å²) in [5.41, 5.74) is 0. The van der Waals surface area contributed by atoms with Crippen LogP contribution in [0.4, 0.5) is 0 Å². The van der Waals surface area contributed by atoms with Crippen molar-refractivity contribution < 1.29 is 9.21 Å². The Labute approximate surface area is 172 Å². The fraction of sp³-hybridized carbons (Fsp3) is 0.667. The number of amides is 1. The Morgan fingerprint density at radius 1 is 1.27 bits per heavy atom. The van der Waals surface area contributed by atoms with Crippen molar-refractivity contribution in [1.29, 1.82) is 0 Å². The molecule has 1 aromatic heterocycles. The molecule has 0 saturated carbocycles. The number of carbonyl (C=O) groups is 1. The number of guanidine groups is 1. The molecule has 3 heterocycles. The van der Waals surface area contributed by atoms with Gasteiger partial charge >= 0.3 is 0 Å². The van der Waals surface area contributed by atoms with Crippen molar-refractivity contribution >= 4 is 35.8 Å². The van der Waals surface area contributed by atoms with Crippen molar-refractivity contribution in [2.24, 2.45) is 10.9 Å². The molecular weight excluding hydrogens is 445 g/mol. The first-order valence-electron chi connectivity index (χ1n) is 9.22. The van der Waals surface area contributed by atoms with E-state index in [1.54, 1.807) is 12.1 Å². The summed E-state index contributed by atoms with van der Waals surface area (Å²) in [6, 6.07) is 3.47. The zero-order valence-electron chi connectivity index (χ0n) is 15.7. The van der Waals surface area contributed by atoms with E-state index in [2.05, 4.69) is 27.0 Å². The first kappa shape index (κ1) is 21.0. The van der Waals surface area contributed by atoms with Crippen molar-refractivity contribution in [3.63, 3.8) is 0 Å². The van der Waals surface area contributed by atoms with E-state index in [9.17, 15) is 4.79 Å². The van der Waals surface area contributed by atoms with Gasteiger partial charge in [0.2, 0.25) is 0 Å². The molecule has 2 aliphatic heterocycles. The van der Waals surface area contributed by atoms with Crippen molar-refractivity contribution in [3.05, 3.63) is 24.2 Å². The lowest BCUT2D eigenvalue weighted by atomic mass is 10.1. The molecule has 1 aromatic rings. The lowest BCUT2D eigenvalue weighted by Gasteiger charge is -2.36. The molecule has 2 aliphatic rings. The molecule has 0 bridgehead atoms. The number of nitrogens with one attached hydrogen (secondary N) is 1. The van der Waals surface area contributed by atoms with Gasteiger partial charge in [-0.05, 0) is 37.6 Å². The van der Waals surface area contributed by atoms with Gasteiger partial charge in [0.25, 0.3) is 5.91 Å². The van der Waals surface area contributed by atoms with Crippen molar-refractivity contribution in [1.82, 2.24) is 20.0 Å². The monoisotopic (exact) mass is 475 g/mol. The number of furan rings is 1. The molecule has 7 nitrogen and oxygen atoms in total. The van der Waals surface area contributed by atoms with Crippen LogP contribution in [0.5, 0.6) is 0 Å². The Kier molecular flexibility index (Phi) is 8.20. The maximum Gasteiger partial charge on any atom is 0.289 e. The standard InChI is InChI=1S/C18H29N5O2.HI/c1-3-21-7-6-15(14-21)13-20-18(19-2)23-10-8-22(9-11-23)17(24)16-5-4-12-25-16;/h4-5,12,15H,3,6-11,13-14H2,1-2H3,(H,19,20);1H. The van der Waals surface area contributed by atoms with Crippen LogP contribution in [-0.4, -0.2) is 86.0 Å². The largest absolute Gasteiger partial charge is 0.459 e. The highest BCUT2D eigenvalue weighted by Crippen LogP contribution is 2.15. The molecular formula is C18H30IN5O2. The zero-order valence-corrected chi connectivity index (χ0v) is 18.0. The second kappa shape index (κ2) is 10.1. The summed E-state index contributed by atoms with van der Waals surface area (Å²) in [5.74, 6) is 2.02. The van der Waals surface area contributed by atoms with Gasteiger partial charge in [-0.3, -0.25) is 9.79 Å². The van der Waals surface area contributed by atoms with Crippen molar-refractivity contribution in [2.75, 3.05) is 59.4 Å². The average Bonchev–Trinajstić information content (AvgIpc) is 3.34. The molecule has 1 amide bonds. The number of rotatable bonds is 4. The van der Waals surface area contributed by atoms with Crippen LogP contribution >= 0.6 is 24.0 Å². The van der Waals surface area contributed by atoms with Crippen LogP contribution in [0.1, 0.15) is 23.9 Å². The molecule has 0 radical (unpaired) electrons. The van der Waals surface area contributed by atoms with E-state index in [1.165, 1.54) is 25.8 Å². The number of carbonyl (C=O) groups excluding carboxylic acids is 1. The highest BCUT2D eigenvalue weighted by molar-refractivity contribution is 14.0. The third-order valence-electron chi connectivity index (χ3n) is 5.18. The summed E-state index contributed by atoms with van der Waals surface area (Å²) in [5, 5.41) is 3.52. The van der Waals surface area contributed by atoms with Crippen LogP contribution in [0, 0.1) is 5.92 Å².